The normalized spacial score (nSPS) is 9.92. The van der Waals surface area contributed by atoms with Crippen LogP contribution in [0.25, 0.3) is 0 Å². The van der Waals surface area contributed by atoms with E-state index in [1.54, 1.807) is 0 Å². The van der Waals surface area contributed by atoms with Gasteiger partial charge in [-0.25, -0.2) is 0 Å². The molecule has 0 saturated carbocycles. The molecular formula is C8H9IO2S. The van der Waals surface area contributed by atoms with Crippen molar-refractivity contribution in [3.8, 4) is 11.5 Å². The highest BCUT2D eigenvalue weighted by molar-refractivity contribution is 14.2. The molecule has 0 aliphatic heterocycles. The van der Waals surface area contributed by atoms with Crippen LogP contribution in [0.3, 0.4) is 0 Å². The van der Waals surface area contributed by atoms with Crippen LogP contribution >= 0.6 is 30.4 Å². The molecule has 0 aliphatic rings. The zero-order chi connectivity index (χ0) is 9.14. The summed E-state index contributed by atoms with van der Waals surface area (Å²) in [5.41, 5.74) is 1.93. The average Bonchev–Trinajstić information content (AvgIpc) is 2.00. The Morgan fingerprint density at radius 1 is 1.42 bits per heavy atom. The monoisotopic (exact) mass is 296 g/mol. The molecule has 66 valence electrons. The van der Waals surface area contributed by atoms with Gasteiger partial charge in [0.25, 0.3) is 0 Å². The van der Waals surface area contributed by atoms with E-state index < -0.39 is 0 Å². The summed E-state index contributed by atoms with van der Waals surface area (Å²) in [5, 5.41) is 9.51. The van der Waals surface area contributed by atoms with Crippen molar-refractivity contribution in [2.24, 2.45) is 0 Å². The molecule has 2 nitrogen and oxygen atoms in total. The number of phenolic OH excluding ortho intramolecular Hbond substituents is 1. The van der Waals surface area contributed by atoms with Crippen LogP contribution in [0.5, 0.6) is 11.5 Å². The predicted octanol–water partition coefficient (Wildman–Crippen LogP) is 3.39. The molecule has 1 rings (SSSR count). The van der Waals surface area contributed by atoms with Gasteiger partial charge in [-0.3, -0.25) is 0 Å². The Kier molecular flexibility index (Phi) is 3.52. The standard InChI is InChI=1S/C8H9IO2S/c1-5-3-6(2)8(10)7(4-5)11-12-9/h3-4,10H,1-2H3. The number of aromatic hydroxyl groups is 1. The molecule has 0 fully saturated rings. The van der Waals surface area contributed by atoms with Crippen LogP contribution in [0.2, 0.25) is 0 Å². The molecule has 0 saturated heterocycles. The number of hydrogen-bond acceptors (Lipinski definition) is 3. The molecule has 0 aromatic heterocycles. The first-order valence-corrected chi connectivity index (χ1v) is 6.69. The summed E-state index contributed by atoms with van der Waals surface area (Å²) in [5.74, 6) is 0.761. The maximum absolute atomic E-state index is 9.51. The summed E-state index contributed by atoms with van der Waals surface area (Å²) in [6.45, 7) is 3.82. The van der Waals surface area contributed by atoms with Crippen LogP contribution in [0.4, 0.5) is 0 Å². The molecule has 12 heavy (non-hydrogen) atoms. The highest BCUT2D eigenvalue weighted by Gasteiger charge is 2.06. The van der Waals surface area contributed by atoms with Gasteiger partial charge in [-0.1, -0.05) is 6.07 Å². The summed E-state index contributed by atoms with van der Waals surface area (Å²) < 4.78 is 5.15. The van der Waals surface area contributed by atoms with Crippen LogP contribution in [0, 0.1) is 13.8 Å². The molecule has 0 radical (unpaired) electrons. The lowest BCUT2D eigenvalue weighted by Gasteiger charge is -2.06. The van der Waals surface area contributed by atoms with Gasteiger partial charge in [0.1, 0.15) is 9.21 Å². The Balaban J connectivity index is 3.09. The molecule has 1 N–H and O–H groups in total. The van der Waals surface area contributed by atoms with Gasteiger partial charge in [0.15, 0.2) is 11.5 Å². The van der Waals surface area contributed by atoms with E-state index in [1.165, 1.54) is 9.21 Å². The summed E-state index contributed by atoms with van der Waals surface area (Å²) in [7, 11) is 1.20. The van der Waals surface area contributed by atoms with E-state index in [-0.39, 0.29) is 5.75 Å². The van der Waals surface area contributed by atoms with Crippen LogP contribution in [0.1, 0.15) is 11.1 Å². The molecule has 0 atom stereocenters. The van der Waals surface area contributed by atoms with Crippen molar-refractivity contribution in [3.05, 3.63) is 23.3 Å². The lowest BCUT2D eigenvalue weighted by molar-refractivity contribution is 0.447. The smallest absolute Gasteiger partial charge is 0.180 e. The van der Waals surface area contributed by atoms with Gasteiger partial charge in [0, 0.05) is 21.2 Å². The average molecular weight is 296 g/mol. The fraction of sp³-hybridized carbons (Fsp3) is 0.250. The predicted molar refractivity (Wildman–Crippen MR) is 59.8 cm³/mol. The minimum atomic E-state index is 0.227. The molecule has 0 amide bonds. The number of rotatable bonds is 2. The fourth-order valence-corrected chi connectivity index (χ4v) is 1.79. The Morgan fingerprint density at radius 2 is 2.08 bits per heavy atom. The molecule has 1 aromatic rings. The minimum absolute atomic E-state index is 0.227. The van der Waals surface area contributed by atoms with Gasteiger partial charge in [-0.05, 0) is 31.0 Å². The highest BCUT2D eigenvalue weighted by Crippen LogP contribution is 2.34. The first kappa shape index (κ1) is 9.98. The third-order valence-corrected chi connectivity index (χ3v) is 2.31. The molecule has 1 aromatic carbocycles. The van der Waals surface area contributed by atoms with Gasteiger partial charge in [0.05, 0.1) is 0 Å². The molecule has 0 aliphatic carbocycles. The van der Waals surface area contributed by atoms with Crippen molar-refractivity contribution in [3.63, 3.8) is 0 Å². The molecule has 0 bridgehead atoms. The SMILES string of the molecule is Cc1cc(C)c(O)c(OSI)c1. The third-order valence-electron chi connectivity index (χ3n) is 1.53. The molecule has 0 heterocycles. The van der Waals surface area contributed by atoms with Gasteiger partial charge < -0.3 is 9.29 Å². The zero-order valence-corrected chi connectivity index (χ0v) is 9.77. The topological polar surface area (TPSA) is 29.5 Å². The molecule has 0 unspecified atom stereocenters. The number of phenols is 1. The number of benzene rings is 1. The zero-order valence-electron chi connectivity index (χ0n) is 6.80. The lowest BCUT2D eigenvalue weighted by Crippen LogP contribution is -1.84. The van der Waals surface area contributed by atoms with Gasteiger partial charge in [-0.15, -0.1) is 0 Å². The summed E-state index contributed by atoms with van der Waals surface area (Å²) in [6.07, 6.45) is 0. The second-order valence-corrected chi connectivity index (χ2v) is 3.95. The number of hydrogen-bond donors (Lipinski definition) is 1. The largest absolute Gasteiger partial charge is 0.504 e. The summed E-state index contributed by atoms with van der Waals surface area (Å²) in [6, 6.07) is 3.73. The van der Waals surface area contributed by atoms with E-state index in [4.69, 9.17) is 4.18 Å². The van der Waals surface area contributed by atoms with Crippen LogP contribution in [0.15, 0.2) is 12.1 Å². The maximum atomic E-state index is 9.51. The third kappa shape index (κ3) is 2.20. The van der Waals surface area contributed by atoms with Crippen molar-refractivity contribution < 1.29 is 9.29 Å². The highest BCUT2D eigenvalue weighted by atomic mass is 127. The van der Waals surface area contributed by atoms with E-state index >= 15 is 0 Å². The Morgan fingerprint density at radius 3 is 2.67 bits per heavy atom. The first-order chi connectivity index (χ1) is 5.65. The maximum Gasteiger partial charge on any atom is 0.180 e. The summed E-state index contributed by atoms with van der Waals surface area (Å²) in [4.78, 5) is 0. The van der Waals surface area contributed by atoms with Gasteiger partial charge >= 0.3 is 0 Å². The van der Waals surface area contributed by atoms with Gasteiger partial charge in [-0.2, -0.15) is 0 Å². The Labute approximate surface area is 88.1 Å². The van der Waals surface area contributed by atoms with Crippen molar-refractivity contribution in [2.45, 2.75) is 13.8 Å². The molecular weight excluding hydrogens is 287 g/mol. The lowest BCUT2D eigenvalue weighted by atomic mass is 10.1. The first-order valence-electron chi connectivity index (χ1n) is 3.40. The van der Waals surface area contributed by atoms with Crippen LogP contribution in [-0.2, 0) is 0 Å². The number of halogens is 1. The van der Waals surface area contributed by atoms with Crippen molar-refractivity contribution in [2.75, 3.05) is 0 Å². The van der Waals surface area contributed by atoms with E-state index in [1.807, 2.05) is 47.2 Å². The van der Waals surface area contributed by atoms with Crippen molar-refractivity contribution in [1.29, 1.82) is 0 Å². The second-order valence-electron chi connectivity index (χ2n) is 2.57. The Bertz CT molecular complexity index is 289. The second kappa shape index (κ2) is 4.23. The quantitative estimate of drug-likeness (QED) is 0.670. The van der Waals surface area contributed by atoms with E-state index in [0.29, 0.717) is 5.75 Å². The number of aryl methyl sites for hydroxylation is 2. The summed E-state index contributed by atoms with van der Waals surface area (Å²) >= 11 is 2.01. The molecule has 0 spiro atoms. The van der Waals surface area contributed by atoms with E-state index in [0.717, 1.165) is 11.1 Å². The minimum Gasteiger partial charge on any atom is -0.504 e. The van der Waals surface area contributed by atoms with Crippen LogP contribution < -0.4 is 4.18 Å². The van der Waals surface area contributed by atoms with E-state index in [9.17, 15) is 5.11 Å². The van der Waals surface area contributed by atoms with Crippen molar-refractivity contribution in [1.82, 2.24) is 0 Å². The van der Waals surface area contributed by atoms with Crippen molar-refractivity contribution >= 4 is 30.4 Å². The van der Waals surface area contributed by atoms with Gasteiger partial charge in [0.2, 0.25) is 0 Å². The van der Waals surface area contributed by atoms with Crippen LogP contribution in [-0.4, -0.2) is 5.11 Å². The van der Waals surface area contributed by atoms with E-state index in [2.05, 4.69) is 0 Å². The molecule has 4 heteroatoms. The fourth-order valence-electron chi connectivity index (χ4n) is 1.02. The Hall–Kier alpha value is -0.100.